The molecule has 264 valence electrons. The van der Waals surface area contributed by atoms with Crippen molar-refractivity contribution in [3.8, 4) is 44.5 Å². The van der Waals surface area contributed by atoms with Crippen molar-refractivity contribution in [2.45, 2.75) is 0 Å². The molecule has 0 fully saturated rings. The van der Waals surface area contributed by atoms with Gasteiger partial charge in [0, 0.05) is 25.7 Å². The van der Waals surface area contributed by atoms with E-state index in [1.54, 1.807) is 0 Å². The van der Waals surface area contributed by atoms with Crippen LogP contribution in [0.1, 0.15) is 0 Å². The maximum atomic E-state index is 2.45. The summed E-state index contributed by atoms with van der Waals surface area (Å²) in [6, 6.07) is 76.4. The summed E-state index contributed by atoms with van der Waals surface area (Å²) in [6.45, 7) is 0. The highest BCUT2D eigenvalue weighted by molar-refractivity contribution is 7.26. The Balaban J connectivity index is 1.10. The second-order valence-electron chi connectivity index (χ2n) is 15.1. The van der Waals surface area contributed by atoms with Gasteiger partial charge in [-0.15, -0.1) is 11.3 Å². The van der Waals surface area contributed by atoms with E-state index in [4.69, 9.17) is 0 Å². The highest BCUT2D eigenvalue weighted by Gasteiger charge is 2.21. The quantitative estimate of drug-likeness (QED) is 0.158. The Morgan fingerprint density at radius 1 is 0.246 bits per heavy atom. The Morgan fingerprint density at radius 3 is 1.26 bits per heavy atom. The molecule has 0 N–H and O–H groups in total. The van der Waals surface area contributed by atoms with Crippen molar-refractivity contribution in [1.82, 2.24) is 0 Å². The zero-order valence-corrected chi connectivity index (χ0v) is 31.9. The van der Waals surface area contributed by atoms with Gasteiger partial charge in [-0.25, -0.2) is 0 Å². The van der Waals surface area contributed by atoms with Crippen molar-refractivity contribution in [3.05, 3.63) is 206 Å². The van der Waals surface area contributed by atoms with Crippen LogP contribution in [0.5, 0.6) is 0 Å². The van der Waals surface area contributed by atoms with E-state index in [0.717, 1.165) is 0 Å². The Labute approximate surface area is 334 Å². The maximum absolute atomic E-state index is 2.45. The van der Waals surface area contributed by atoms with E-state index in [2.05, 4.69) is 206 Å². The van der Waals surface area contributed by atoms with Crippen molar-refractivity contribution in [2.24, 2.45) is 0 Å². The second-order valence-corrected chi connectivity index (χ2v) is 16.2. The lowest BCUT2D eigenvalue weighted by molar-refractivity contribution is 1.67. The fourth-order valence-electron chi connectivity index (χ4n) is 9.58. The molecule has 57 heavy (non-hydrogen) atoms. The summed E-state index contributed by atoms with van der Waals surface area (Å²) in [5.74, 6) is 0. The highest BCUT2D eigenvalue weighted by atomic mass is 32.1. The van der Waals surface area contributed by atoms with Gasteiger partial charge in [-0.05, 0) is 111 Å². The molecular formula is C56H34S. The Bertz CT molecular complexity index is 3460. The largest absolute Gasteiger partial charge is 0.135 e. The molecule has 0 aliphatic heterocycles. The highest BCUT2D eigenvalue weighted by Crippen LogP contribution is 2.49. The lowest BCUT2D eigenvalue weighted by Crippen LogP contribution is -1.91. The van der Waals surface area contributed by atoms with E-state index < -0.39 is 0 Å². The van der Waals surface area contributed by atoms with Gasteiger partial charge >= 0.3 is 0 Å². The van der Waals surface area contributed by atoms with Gasteiger partial charge in [-0.1, -0.05) is 188 Å². The van der Waals surface area contributed by atoms with Crippen LogP contribution in [0.15, 0.2) is 206 Å². The molecule has 0 saturated carbocycles. The number of thiophene rings is 1. The van der Waals surface area contributed by atoms with Crippen LogP contribution in [0, 0.1) is 0 Å². The lowest BCUT2D eigenvalue weighted by atomic mass is 9.85. The topological polar surface area (TPSA) is 0 Å². The third-order valence-corrected chi connectivity index (χ3v) is 13.2. The minimum atomic E-state index is 1.24. The molecule has 0 bridgehead atoms. The van der Waals surface area contributed by atoms with Gasteiger partial charge < -0.3 is 0 Å². The second kappa shape index (κ2) is 12.7. The fraction of sp³-hybridized carbons (Fsp3) is 0. The zero-order valence-electron chi connectivity index (χ0n) is 31.0. The molecule has 0 amide bonds. The number of fused-ring (bicyclic) bond motifs is 8. The van der Waals surface area contributed by atoms with E-state index >= 15 is 0 Å². The van der Waals surface area contributed by atoms with Crippen LogP contribution in [0.4, 0.5) is 0 Å². The number of rotatable bonds is 4. The monoisotopic (exact) mass is 738 g/mol. The molecule has 0 saturated heterocycles. The average Bonchev–Trinajstić information content (AvgIpc) is 3.66. The molecule has 0 radical (unpaired) electrons. The first-order chi connectivity index (χ1) is 28.3. The predicted molar refractivity (Wildman–Crippen MR) is 249 cm³/mol. The SMILES string of the molecule is c1ccc(-c2c3ccccc3c(-c3cccc4c3sc3ccc(-c5c6ccccc6c(-c6ccc7ccccc7c6)c6ccccc56)cc34)c3ccccc23)cc1. The summed E-state index contributed by atoms with van der Waals surface area (Å²) < 4.78 is 2.63. The average molecular weight is 739 g/mol. The third-order valence-electron chi connectivity index (χ3n) is 12.0. The van der Waals surface area contributed by atoms with E-state index in [9.17, 15) is 0 Å². The van der Waals surface area contributed by atoms with Crippen LogP contribution in [-0.2, 0) is 0 Å². The van der Waals surface area contributed by atoms with E-state index in [1.165, 1.54) is 119 Å². The molecule has 1 heterocycles. The van der Waals surface area contributed by atoms with Crippen LogP contribution < -0.4 is 0 Å². The minimum Gasteiger partial charge on any atom is -0.135 e. The van der Waals surface area contributed by atoms with Crippen molar-refractivity contribution >= 4 is 85.4 Å². The molecule has 0 unspecified atom stereocenters. The molecule has 0 nitrogen and oxygen atoms in total. The molecule has 0 aliphatic rings. The van der Waals surface area contributed by atoms with Crippen molar-refractivity contribution in [3.63, 3.8) is 0 Å². The van der Waals surface area contributed by atoms with E-state index in [1.807, 2.05) is 11.3 Å². The maximum Gasteiger partial charge on any atom is 0.0434 e. The zero-order chi connectivity index (χ0) is 37.5. The molecule has 11 aromatic carbocycles. The summed E-state index contributed by atoms with van der Waals surface area (Å²) in [4.78, 5) is 0. The van der Waals surface area contributed by atoms with Crippen LogP contribution in [-0.4, -0.2) is 0 Å². The van der Waals surface area contributed by atoms with Gasteiger partial charge in [-0.2, -0.15) is 0 Å². The summed E-state index contributed by atoms with van der Waals surface area (Å²) in [5.41, 5.74) is 10.2. The molecule has 1 aromatic heterocycles. The number of benzene rings is 11. The standard InChI is InChI=1S/C56H34S/c1-2-16-36(17-3-1)52-44-23-10-12-25-46(44)55(47-26-13-11-24-45(47)52)49-28-14-27-48-50-34-39(31-32-51(50)57-56(48)49)54-42-21-8-6-19-40(42)53(41-20-7-9-22-43(41)54)38-30-29-35-15-4-5-18-37(35)33-38/h1-34H. The van der Waals surface area contributed by atoms with Crippen molar-refractivity contribution in [2.75, 3.05) is 0 Å². The predicted octanol–water partition coefficient (Wildman–Crippen LogP) is 16.5. The van der Waals surface area contributed by atoms with Gasteiger partial charge in [-0.3, -0.25) is 0 Å². The van der Waals surface area contributed by atoms with Crippen LogP contribution in [0.3, 0.4) is 0 Å². The third kappa shape index (κ3) is 4.93. The molecule has 12 aromatic rings. The van der Waals surface area contributed by atoms with Crippen LogP contribution in [0.25, 0.3) is 119 Å². The van der Waals surface area contributed by atoms with E-state index in [0.29, 0.717) is 0 Å². The fourth-order valence-corrected chi connectivity index (χ4v) is 10.8. The van der Waals surface area contributed by atoms with Gasteiger partial charge in [0.1, 0.15) is 0 Å². The molecule has 12 rings (SSSR count). The summed E-state index contributed by atoms with van der Waals surface area (Å²) in [7, 11) is 0. The molecule has 1 heteroatoms. The Hall–Kier alpha value is -7.06. The van der Waals surface area contributed by atoms with Crippen molar-refractivity contribution in [1.29, 1.82) is 0 Å². The van der Waals surface area contributed by atoms with E-state index in [-0.39, 0.29) is 0 Å². The number of hydrogen-bond acceptors (Lipinski definition) is 1. The number of hydrogen-bond donors (Lipinski definition) is 0. The summed E-state index contributed by atoms with van der Waals surface area (Å²) >= 11 is 1.91. The molecular weight excluding hydrogens is 705 g/mol. The summed E-state index contributed by atoms with van der Waals surface area (Å²) in [6.07, 6.45) is 0. The Morgan fingerprint density at radius 2 is 0.684 bits per heavy atom. The minimum absolute atomic E-state index is 1.24. The molecule has 0 spiro atoms. The van der Waals surface area contributed by atoms with Gasteiger partial charge in [0.05, 0.1) is 0 Å². The van der Waals surface area contributed by atoms with Crippen LogP contribution in [0.2, 0.25) is 0 Å². The lowest BCUT2D eigenvalue weighted by Gasteiger charge is -2.18. The van der Waals surface area contributed by atoms with Crippen molar-refractivity contribution < 1.29 is 0 Å². The smallest absolute Gasteiger partial charge is 0.0434 e. The van der Waals surface area contributed by atoms with Gasteiger partial charge in [0.2, 0.25) is 0 Å². The Kier molecular flexibility index (Phi) is 7.20. The summed E-state index contributed by atoms with van der Waals surface area (Å²) in [5, 5.41) is 15.3. The molecule has 0 aliphatic carbocycles. The first-order valence-corrected chi connectivity index (χ1v) is 20.5. The normalized spacial score (nSPS) is 11.9. The first kappa shape index (κ1) is 32.2. The van der Waals surface area contributed by atoms with Gasteiger partial charge in [0.15, 0.2) is 0 Å². The van der Waals surface area contributed by atoms with Gasteiger partial charge in [0.25, 0.3) is 0 Å². The van der Waals surface area contributed by atoms with Crippen LogP contribution >= 0.6 is 11.3 Å². The molecule has 0 atom stereocenters. The first-order valence-electron chi connectivity index (χ1n) is 19.7.